The second kappa shape index (κ2) is 9.32. The molecule has 1 aliphatic heterocycles. The monoisotopic (exact) mass is 405 g/mol. The summed E-state index contributed by atoms with van der Waals surface area (Å²) >= 11 is 5.89. The zero-order chi connectivity index (χ0) is 19.9. The van der Waals surface area contributed by atoms with Crippen LogP contribution < -0.4 is 19.5 Å². The SMILES string of the molecule is Cc1cc(Cl)ccc1OCCCC(=O)OCC(=O)Nc1ccc2c(c1)OCO2. The van der Waals surface area contributed by atoms with Gasteiger partial charge in [0.05, 0.1) is 6.61 Å². The van der Waals surface area contributed by atoms with Gasteiger partial charge in [0.1, 0.15) is 5.75 Å². The summed E-state index contributed by atoms with van der Waals surface area (Å²) in [6.45, 7) is 2.06. The molecule has 1 amide bonds. The van der Waals surface area contributed by atoms with Crippen molar-refractivity contribution in [2.24, 2.45) is 0 Å². The molecule has 0 spiro atoms. The van der Waals surface area contributed by atoms with E-state index in [4.69, 9.17) is 30.5 Å². The summed E-state index contributed by atoms with van der Waals surface area (Å²) in [4.78, 5) is 23.7. The van der Waals surface area contributed by atoms with Crippen LogP contribution in [0.2, 0.25) is 5.02 Å². The van der Waals surface area contributed by atoms with Crippen LogP contribution in [0.3, 0.4) is 0 Å². The van der Waals surface area contributed by atoms with Gasteiger partial charge in [-0.25, -0.2) is 0 Å². The highest BCUT2D eigenvalue weighted by Crippen LogP contribution is 2.34. The van der Waals surface area contributed by atoms with E-state index in [9.17, 15) is 9.59 Å². The Morgan fingerprint density at radius 3 is 2.79 bits per heavy atom. The van der Waals surface area contributed by atoms with Crippen molar-refractivity contribution in [1.82, 2.24) is 0 Å². The number of anilines is 1. The van der Waals surface area contributed by atoms with E-state index >= 15 is 0 Å². The number of benzene rings is 2. The van der Waals surface area contributed by atoms with Crippen LogP contribution in [0.4, 0.5) is 5.69 Å². The lowest BCUT2D eigenvalue weighted by Gasteiger charge is -2.09. The third-order valence-electron chi connectivity index (χ3n) is 3.94. The summed E-state index contributed by atoms with van der Waals surface area (Å²) in [6.07, 6.45) is 0.634. The van der Waals surface area contributed by atoms with E-state index in [0.717, 1.165) is 11.3 Å². The third-order valence-corrected chi connectivity index (χ3v) is 4.18. The molecule has 2 aromatic carbocycles. The van der Waals surface area contributed by atoms with Crippen LogP contribution in [0.25, 0.3) is 0 Å². The first-order chi connectivity index (χ1) is 13.5. The Labute approximate surface area is 167 Å². The van der Waals surface area contributed by atoms with Gasteiger partial charge in [0, 0.05) is 23.2 Å². The van der Waals surface area contributed by atoms with Crippen molar-refractivity contribution in [3.63, 3.8) is 0 Å². The average Bonchev–Trinajstić information content (AvgIpc) is 3.13. The summed E-state index contributed by atoms with van der Waals surface area (Å²) < 4.78 is 21.0. The van der Waals surface area contributed by atoms with E-state index < -0.39 is 11.9 Å². The summed E-state index contributed by atoms with van der Waals surface area (Å²) in [5.74, 6) is 1.02. The fourth-order valence-electron chi connectivity index (χ4n) is 2.56. The van der Waals surface area contributed by atoms with Crippen molar-refractivity contribution in [1.29, 1.82) is 0 Å². The molecule has 148 valence electrons. The Morgan fingerprint density at radius 2 is 1.96 bits per heavy atom. The fraction of sp³-hybridized carbons (Fsp3) is 0.300. The first kappa shape index (κ1) is 19.8. The Morgan fingerprint density at radius 1 is 1.14 bits per heavy atom. The maximum absolute atomic E-state index is 11.9. The highest BCUT2D eigenvalue weighted by Gasteiger charge is 2.14. The molecule has 1 N–H and O–H groups in total. The largest absolute Gasteiger partial charge is 0.493 e. The highest BCUT2D eigenvalue weighted by molar-refractivity contribution is 6.30. The number of esters is 1. The predicted octanol–water partition coefficient (Wildman–Crippen LogP) is 3.72. The summed E-state index contributed by atoms with van der Waals surface area (Å²) in [6, 6.07) is 10.4. The Balaban J connectivity index is 1.33. The normalized spacial score (nSPS) is 11.8. The molecule has 3 rings (SSSR count). The van der Waals surface area contributed by atoms with Gasteiger partial charge in [0.25, 0.3) is 5.91 Å². The molecule has 0 radical (unpaired) electrons. The molecule has 0 saturated carbocycles. The van der Waals surface area contributed by atoms with E-state index in [1.54, 1.807) is 30.3 Å². The van der Waals surface area contributed by atoms with Crippen molar-refractivity contribution >= 4 is 29.2 Å². The number of carbonyl (C=O) groups is 2. The maximum Gasteiger partial charge on any atom is 0.306 e. The second-order valence-electron chi connectivity index (χ2n) is 6.14. The first-order valence-corrected chi connectivity index (χ1v) is 9.13. The van der Waals surface area contributed by atoms with Gasteiger partial charge in [-0.1, -0.05) is 11.6 Å². The number of hydrogen-bond acceptors (Lipinski definition) is 6. The van der Waals surface area contributed by atoms with Crippen LogP contribution in [0.5, 0.6) is 17.2 Å². The Hall–Kier alpha value is -2.93. The number of aryl methyl sites for hydroxylation is 1. The summed E-state index contributed by atoms with van der Waals surface area (Å²) in [5, 5.41) is 3.29. The molecule has 28 heavy (non-hydrogen) atoms. The lowest BCUT2D eigenvalue weighted by atomic mass is 10.2. The molecule has 1 aliphatic rings. The van der Waals surface area contributed by atoms with Crippen LogP contribution in [0, 0.1) is 6.92 Å². The number of halogens is 1. The second-order valence-corrected chi connectivity index (χ2v) is 6.58. The molecule has 8 heteroatoms. The van der Waals surface area contributed by atoms with Crippen LogP contribution in [-0.2, 0) is 14.3 Å². The van der Waals surface area contributed by atoms with Gasteiger partial charge in [-0.15, -0.1) is 0 Å². The van der Waals surface area contributed by atoms with E-state index in [2.05, 4.69) is 5.32 Å². The van der Waals surface area contributed by atoms with Gasteiger partial charge in [-0.2, -0.15) is 0 Å². The highest BCUT2D eigenvalue weighted by atomic mass is 35.5. The standard InChI is InChI=1S/C20H20ClNO6/c1-13-9-14(21)4-6-16(13)25-8-2-3-20(24)26-11-19(23)22-15-5-7-17-18(10-15)28-12-27-17/h4-7,9-10H,2-3,8,11-12H2,1H3,(H,22,23). The Bertz CT molecular complexity index is 870. The Kier molecular flexibility index (Phi) is 6.60. The van der Waals surface area contributed by atoms with Crippen LogP contribution in [-0.4, -0.2) is 31.9 Å². The average molecular weight is 406 g/mol. The predicted molar refractivity (Wildman–Crippen MR) is 103 cm³/mol. The number of nitrogens with one attached hydrogen (secondary N) is 1. The van der Waals surface area contributed by atoms with Crippen LogP contribution in [0.15, 0.2) is 36.4 Å². The van der Waals surface area contributed by atoms with E-state index in [1.807, 2.05) is 13.0 Å². The number of hydrogen-bond donors (Lipinski definition) is 1. The van der Waals surface area contributed by atoms with Gasteiger partial charge < -0.3 is 24.3 Å². The van der Waals surface area contributed by atoms with Crippen molar-refractivity contribution < 1.29 is 28.5 Å². The van der Waals surface area contributed by atoms with Gasteiger partial charge in [0.2, 0.25) is 6.79 Å². The smallest absolute Gasteiger partial charge is 0.306 e. The summed E-state index contributed by atoms with van der Waals surface area (Å²) in [7, 11) is 0. The molecule has 7 nitrogen and oxygen atoms in total. The van der Waals surface area contributed by atoms with Crippen molar-refractivity contribution in [2.75, 3.05) is 25.3 Å². The number of amides is 1. The van der Waals surface area contributed by atoms with Crippen molar-refractivity contribution in [3.8, 4) is 17.2 Å². The number of fused-ring (bicyclic) bond motifs is 1. The maximum atomic E-state index is 11.9. The molecular weight excluding hydrogens is 386 g/mol. The zero-order valence-corrected chi connectivity index (χ0v) is 16.1. The summed E-state index contributed by atoms with van der Waals surface area (Å²) in [5.41, 5.74) is 1.47. The topological polar surface area (TPSA) is 83.1 Å². The first-order valence-electron chi connectivity index (χ1n) is 8.75. The molecule has 2 aromatic rings. The van der Waals surface area contributed by atoms with Gasteiger partial charge in [-0.3, -0.25) is 9.59 Å². The van der Waals surface area contributed by atoms with Gasteiger partial charge >= 0.3 is 5.97 Å². The van der Waals surface area contributed by atoms with Crippen LogP contribution >= 0.6 is 11.6 Å². The van der Waals surface area contributed by atoms with Crippen LogP contribution in [0.1, 0.15) is 18.4 Å². The molecule has 0 bridgehead atoms. The van der Waals surface area contributed by atoms with E-state index in [0.29, 0.717) is 35.2 Å². The van der Waals surface area contributed by atoms with Crippen molar-refractivity contribution in [2.45, 2.75) is 19.8 Å². The molecule has 0 fully saturated rings. The van der Waals surface area contributed by atoms with Gasteiger partial charge in [-0.05, 0) is 49.2 Å². The molecule has 1 heterocycles. The lowest BCUT2D eigenvalue weighted by molar-refractivity contribution is -0.147. The third kappa shape index (κ3) is 5.53. The fourth-order valence-corrected chi connectivity index (χ4v) is 2.79. The van der Waals surface area contributed by atoms with Crippen molar-refractivity contribution in [3.05, 3.63) is 47.0 Å². The lowest BCUT2D eigenvalue weighted by Crippen LogP contribution is -2.21. The van der Waals surface area contributed by atoms with E-state index in [-0.39, 0.29) is 19.8 Å². The minimum atomic E-state index is -0.461. The number of carbonyl (C=O) groups excluding carboxylic acids is 2. The molecule has 0 unspecified atom stereocenters. The minimum Gasteiger partial charge on any atom is -0.493 e. The van der Waals surface area contributed by atoms with E-state index in [1.165, 1.54) is 0 Å². The molecule has 0 atom stereocenters. The molecule has 0 aromatic heterocycles. The molecule has 0 saturated heterocycles. The minimum absolute atomic E-state index is 0.157. The number of rotatable bonds is 8. The molecule has 0 aliphatic carbocycles. The zero-order valence-electron chi connectivity index (χ0n) is 15.3. The quantitative estimate of drug-likeness (QED) is 0.532. The molecular formula is C20H20ClNO6. The van der Waals surface area contributed by atoms with Gasteiger partial charge in [0.15, 0.2) is 18.1 Å². The number of ether oxygens (including phenoxy) is 4.